The van der Waals surface area contributed by atoms with Gasteiger partial charge in [0.25, 0.3) is 0 Å². The summed E-state index contributed by atoms with van der Waals surface area (Å²) in [6.07, 6.45) is 0. The van der Waals surface area contributed by atoms with E-state index in [-0.39, 0.29) is 11.9 Å². The normalized spacial score (nSPS) is 12.0. The third-order valence-corrected chi connectivity index (χ3v) is 3.60. The minimum Gasteiger partial charge on any atom is -0.493 e. The van der Waals surface area contributed by atoms with Gasteiger partial charge in [-0.2, -0.15) is 0 Å². The van der Waals surface area contributed by atoms with Crippen molar-refractivity contribution in [1.29, 1.82) is 0 Å². The topological polar surface area (TPSA) is 30.5 Å². The summed E-state index contributed by atoms with van der Waals surface area (Å²) < 4.78 is 24.8. The van der Waals surface area contributed by atoms with Gasteiger partial charge < -0.3 is 14.8 Å². The highest BCUT2D eigenvalue weighted by Gasteiger charge is 2.20. The van der Waals surface area contributed by atoms with Crippen LogP contribution in [0.3, 0.4) is 0 Å². The number of rotatable bonds is 5. The van der Waals surface area contributed by atoms with Gasteiger partial charge in [0.15, 0.2) is 11.5 Å². The van der Waals surface area contributed by atoms with Crippen LogP contribution in [0, 0.1) is 12.7 Å². The molecule has 2 rings (SSSR count). The van der Waals surface area contributed by atoms with Crippen LogP contribution < -0.4 is 14.8 Å². The molecule has 2 aromatic rings. The van der Waals surface area contributed by atoms with E-state index >= 15 is 0 Å². The van der Waals surface area contributed by atoms with E-state index in [4.69, 9.17) is 9.47 Å². The zero-order valence-electron chi connectivity index (χ0n) is 12.7. The maximum absolute atomic E-state index is 14.4. The van der Waals surface area contributed by atoms with E-state index in [2.05, 4.69) is 5.32 Å². The van der Waals surface area contributed by atoms with Crippen molar-refractivity contribution in [1.82, 2.24) is 5.32 Å². The predicted molar refractivity (Wildman–Crippen MR) is 81.6 cm³/mol. The molecule has 0 radical (unpaired) electrons. The van der Waals surface area contributed by atoms with Gasteiger partial charge in [0, 0.05) is 11.6 Å². The van der Waals surface area contributed by atoms with Crippen molar-refractivity contribution in [2.24, 2.45) is 0 Å². The fraction of sp³-hybridized carbons (Fsp3) is 0.294. The van der Waals surface area contributed by atoms with E-state index in [0.717, 1.165) is 11.1 Å². The number of nitrogens with one attached hydrogen (secondary N) is 1. The van der Waals surface area contributed by atoms with Gasteiger partial charge in [0.1, 0.15) is 5.82 Å². The van der Waals surface area contributed by atoms with Crippen molar-refractivity contribution in [3.63, 3.8) is 0 Å². The van der Waals surface area contributed by atoms with Crippen molar-refractivity contribution in [2.45, 2.75) is 13.0 Å². The summed E-state index contributed by atoms with van der Waals surface area (Å²) in [6, 6.07) is 10.7. The molecule has 1 atom stereocenters. The van der Waals surface area contributed by atoms with Crippen molar-refractivity contribution in [2.75, 3.05) is 21.3 Å². The number of ether oxygens (including phenoxy) is 2. The molecule has 21 heavy (non-hydrogen) atoms. The van der Waals surface area contributed by atoms with Gasteiger partial charge >= 0.3 is 0 Å². The first kappa shape index (κ1) is 15.3. The molecule has 0 bridgehead atoms. The fourth-order valence-electron chi connectivity index (χ4n) is 2.48. The summed E-state index contributed by atoms with van der Waals surface area (Å²) in [6.45, 7) is 2.01. The second-order valence-electron chi connectivity index (χ2n) is 4.81. The summed E-state index contributed by atoms with van der Waals surface area (Å²) in [4.78, 5) is 0. The van der Waals surface area contributed by atoms with Crippen LogP contribution in [0.15, 0.2) is 36.4 Å². The third-order valence-electron chi connectivity index (χ3n) is 3.60. The van der Waals surface area contributed by atoms with Gasteiger partial charge in [-0.25, -0.2) is 4.39 Å². The van der Waals surface area contributed by atoms with Crippen LogP contribution in [-0.4, -0.2) is 21.3 Å². The zero-order valence-corrected chi connectivity index (χ0v) is 12.7. The fourth-order valence-corrected chi connectivity index (χ4v) is 2.48. The summed E-state index contributed by atoms with van der Waals surface area (Å²) in [5, 5.41) is 3.17. The van der Waals surface area contributed by atoms with Crippen LogP contribution in [-0.2, 0) is 0 Å². The predicted octanol–water partition coefficient (Wildman–Crippen LogP) is 3.46. The van der Waals surface area contributed by atoms with E-state index in [1.54, 1.807) is 13.2 Å². The maximum Gasteiger partial charge on any atom is 0.163 e. The van der Waals surface area contributed by atoms with Gasteiger partial charge in [0.2, 0.25) is 0 Å². The molecule has 1 N–H and O–H groups in total. The van der Waals surface area contributed by atoms with Gasteiger partial charge in [0.05, 0.1) is 20.3 Å². The summed E-state index contributed by atoms with van der Waals surface area (Å²) >= 11 is 0. The molecule has 0 fully saturated rings. The Labute approximate surface area is 124 Å². The molecule has 0 saturated heterocycles. The van der Waals surface area contributed by atoms with Crippen molar-refractivity contribution in [3.05, 3.63) is 58.9 Å². The van der Waals surface area contributed by atoms with Crippen LogP contribution >= 0.6 is 0 Å². The molecule has 0 aliphatic heterocycles. The number of methoxy groups -OCH3 is 2. The van der Waals surface area contributed by atoms with Crippen LogP contribution in [0.4, 0.5) is 4.39 Å². The molecule has 0 saturated carbocycles. The van der Waals surface area contributed by atoms with Crippen LogP contribution in [0.2, 0.25) is 0 Å². The first-order valence-corrected chi connectivity index (χ1v) is 6.76. The second-order valence-corrected chi connectivity index (χ2v) is 4.81. The monoisotopic (exact) mass is 289 g/mol. The molecule has 0 amide bonds. The molecule has 0 aliphatic rings. The second kappa shape index (κ2) is 6.59. The molecule has 1 unspecified atom stereocenters. The Balaban J connectivity index is 2.55. The standard InChI is InChI=1S/C17H20FNO2/c1-11-7-5-6-8-12(11)17(19-2)13-9-15(20-3)16(21-4)10-14(13)18/h5-10,17,19H,1-4H3. The minimum atomic E-state index is -0.324. The number of halogens is 1. The number of aryl methyl sites for hydroxylation is 1. The molecular weight excluding hydrogens is 269 g/mol. The van der Waals surface area contributed by atoms with Crippen LogP contribution in [0.5, 0.6) is 11.5 Å². The van der Waals surface area contributed by atoms with Crippen LogP contribution in [0.1, 0.15) is 22.7 Å². The molecule has 0 heterocycles. The van der Waals surface area contributed by atoms with Crippen molar-refractivity contribution in [3.8, 4) is 11.5 Å². The molecule has 0 aromatic heterocycles. The lowest BCUT2D eigenvalue weighted by atomic mass is 9.94. The Bertz CT molecular complexity index is 628. The van der Waals surface area contributed by atoms with Crippen molar-refractivity contribution < 1.29 is 13.9 Å². The van der Waals surface area contributed by atoms with E-state index in [1.165, 1.54) is 13.2 Å². The minimum absolute atomic E-state index is 0.244. The average Bonchev–Trinajstić information content (AvgIpc) is 2.50. The Morgan fingerprint density at radius 1 is 1.00 bits per heavy atom. The quantitative estimate of drug-likeness (QED) is 0.914. The van der Waals surface area contributed by atoms with Gasteiger partial charge in [-0.3, -0.25) is 0 Å². The van der Waals surface area contributed by atoms with Crippen LogP contribution in [0.25, 0.3) is 0 Å². The Morgan fingerprint density at radius 2 is 1.62 bits per heavy atom. The number of benzene rings is 2. The Kier molecular flexibility index (Phi) is 4.81. The lowest BCUT2D eigenvalue weighted by Crippen LogP contribution is -2.20. The molecular formula is C17H20FNO2. The molecule has 2 aromatic carbocycles. The van der Waals surface area contributed by atoms with E-state index in [1.807, 2.05) is 38.2 Å². The molecule has 4 heteroatoms. The number of hydrogen-bond donors (Lipinski definition) is 1. The summed E-state index contributed by atoms with van der Waals surface area (Å²) in [5.74, 6) is 0.580. The molecule has 112 valence electrons. The van der Waals surface area contributed by atoms with E-state index in [9.17, 15) is 4.39 Å². The SMILES string of the molecule is CNC(c1ccccc1C)c1cc(OC)c(OC)cc1F. The van der Waals surface area contributed by atoms with Crippen molar-refractivity contribution >= 4 is 0 Å². The lowest BCUT2D eigenvalue weighted by molar-refractivity contribution is 0.351. The summed E-state index contributed by atoms with van der Waals surface area (Å²) in [5.41, 5.74) is 2.67. The van der Waals surface area contributed by atoms with Gasteiger partial charge in [-0.1, -0.05) is 24.3 Å². The molecule has 0 aliphatic carbocycles. The third kappa shape index (κ3) is 3.00. The van der Waals surface area contributed by atoms with Gasteiger partial charge in [-0.15, -0.1) is 0 Å². The zero-order chi connectivity index (χ0) is 15.4. The number of hydrogen-bond acceptors (Lipinski definition) is 3. The van der Waals surface area contributed by atoms with E-state index in [0.29, 0.717) is 17.1 Å². The first-order chi connectivity index (χ1) is 10.1. The maximum atomic E-state index is 14.4. The molecule has 0 spiro atoms. The van der Waals surface area contributed by atoms with Gasteiger partial charge in [-0.05, 0) is 31.2 Å². The lowest BCUT2D eigenvalue weighted by Gasteiger charge is -2.21. The smallest absolute Gasteiger partial charge is 0.163 e. The average molecular weight is 289 g/mol. The largest absolute Gasteiger partial charge is 0.493 e. The van der Waals surface area contributed by atoms with E-state index < -0.39 is 0 Å². The Hall–Kier alpha value is -2.07. The highest BCUT2D eigenvalue weighted by Crippen LogP contribution is 2.35. The molecule has 3 nitrogen and oxygen atoms in total. The highest BCUT2D eigenvalue weighted by atomic mass is 19.1. The summed E-state index contributed by atoms with van der Waals surface area (Å²) in [7, 11) is 4.85. The highest BCUT2D eigenvalue weighted by molar-refractivity contribution is 5.47. The first-order valence-electron chi connectivity index (χ1n) is 6.76. The Morgan fingerprint density at radius 3 is 2.19 bits per heavy atom.